The predicted molar refractivity (Wildman–Crippen MR) is 78.4 cm³/mol. The van der Waals surface area contributed by atoms with Crippen LogP contribution in [-0.2, 0) is 4.74 Å². The van der Waals surface area contributed by atoms with Gasteiger partial charge in [0, 0.05) is 23.2 Å². The molecule has 1 saturated heterocycles. The van der Waals surface area contributed by atoms with Crippen LogP contribution in [0.25, 0.3) is 0 Å². The molecule has 1 heterocycles. The molecule has 2 rings (SSSR count). The Kier molecular flexibility index (Phi) is 4.49. The summed E-state index contributed by atoms with van der Waals surface area (Å²) in [7, 11) is 1.32. The van der Waals surface area contributed by atoms with E-state index < -0.39 is 6.09 Å². The van der Waals surface area contributed by atoms with Crippen molar-refractivity contribution in [1.82, 2.24) is 10.2 Å². The molecule has 1 unspecified atom stereocenters. The Morgan fingerprint density at radius 3 is 2.95 bits per heavy atom. The molecule has 0 aromatic heterocycles. The van der Waals surface area contributed by atoms with Gasteiger partial charge in [-0.05, 0) is 40.5 Å². The summed E-state index contributed by atoms with van der Waals surface area (Å²) in [5, 5.41) is 2.70. The summed E-state index contributed by atoms with van der Waals surface area (Å²) in [6.45, 7) is 1.06. The number of likely N-dealkylation sites (tertiary alicyclic amines) is 1. The van der Waals surface area contributed by atoms with Crippen LogP contribution in [0.15, 0.2) is 22.7 Å². The molecular formula is C13H16BrN3O3. The van der Waals surface area contributed by atoms with Gasteiger partial charge < -0.3 is 20.7 Å². The highest BCUT2D eigenvalue weighted by Gasteiger charge is 2.29. The van der Waals surface area contributed by atoms with Crippen LogP contribution >= 0.6 is 15.9 Å². The van der Waals surface area contributed by atoms with E-state index in [2.05, 4.69) is 26.0 Å². The molecule has 1 aliphatic rings. The summed E-state index contributed by atoms with van der Waals surface area (Å²) in [5.41, 5.74) is 6.78. The Morgan fingerprint density at radius 2 is 2.25 bits per heavy atom. The Labute approximate surface area is 125 Å². The van der Waals surface area contributed by atoms with E-state index in [9.17, 15) is 9.59 Å². The number of nitrogens with zero attached hydrogens (tertiary/aromatic N) is 1. The zero-order valence-corrected chi connectivity index (χ0v) is 12.6. The molecule has 20 heavy (non-hydrogen) atoms. The lowest BCUT2D eigenvalue weighted by molar-refractivity contribution is 0.0787. The van der Waals surface area contributed by atoms with Crippen molar-refractivity contribution in [2.45, 2.75) is 12.5 Å². The lowest BCUT2D eigenvalue weighted by Crippen LogP contribution is -2.38. The van der Waals surface area contributed by atoms with Crippen molar-refractivity contribution in [3.8, 4) is 0 Å². The fraction of sp³-hybridized carbons (Fsp3) is 0.385. The number of anilines is 1. The number of benzene rings is 1. The molecule has 7 heteroatoms. The number of nitrogens with two attached hydrogens (primary N) is 1. The summed E-state index contributed by atoms with van der Waals surface area (Å²) < 4.78 is 5.26. The van der Waals surface area contributed by atoms with E-state index in [-0.39, 0.29) is 11.9 Å². The number of hydrogen-bond acceptors (Lipinski definition) is 4. The molecule has 108 valence electrons. The third kappa shape index (κ3) is 3.22. The summed E-state index contributed by atoms with van der Waals surface area (Å²) in [6, 6.07) is 5.05. The van der Waals surface area contributed by atoms with Gasteiger partial charge in [-0.2, -0.15) is 0 Å². The van der Waals surface area contributed by atoms with E-state index >= 15 is 0 Å². The SMILES string of the molecule is COC(=O)NC1CCN(C(=O)c2cc(N)ccc2Br)C1. The van der Waals surface area contributed by atoms with Crippen LogP contribution in [0.4, 0.5) is 10.5 Å². The van der Waals surface area contributed by atoms with Crippen LogP contribution in [0.1, 0.15) is 16.8 Å². The maximum Gasteiger partial charge on any atom is 0.407 e. The molecule has 0 aliphatic carbocycles. The highest BCUT2D eigenvalue weighted by Crippen LogP contribution is 2.23. The average molecular weight is 342 g/mol. The number of carbonyl (C=O) groups excluding carboxylic acids is 2. The first-order valence-corrected chi connectivity index (χ1v) is 6.99. The van der Waals surface area contributed by atoms with E-state index in [4.69, 9.17) is 5.73 Å². The van der Waals surface area contributed by atoms with E-state index in [1.165, 1.54) is 7.11 Å². The van der Waals surface area contributed by atoms with E-state index in [0.29, 0.717) is 35.2 Å². The van der Waals surface area contributed by atoms with Gasteiger partial charge in [0.05, 0.1) is 18.7 Å². The van der Waals surface area contributed by atoms with Crippen LogP contribution in [-0.4, -0.2) is 43.1 Å². The van der Waals surface area contributed by atoms with Gasteiger partial charge in [0.25, 0.3) is 5.91 Å². The average Bonchev–Trinajstić information content (AvgIpc) is 2.89. The number of methoxy groups -OCH3 is 1. The fourth-order valence-electron chi connectivity index (χ4n) is 2.17. The second-order valence-corrected chi connectivity index (χ2v) is 5.47. The minimum atomic E-state index is -0.477. The quantitative estimate of drug-likeness (QED) is 0.800. The smallest absolute Gasteiger partial charge is 0.407 e. The first-order chi connectivity index (χ1) is 9.51. The van der Waals surface area contributed by atoms with Crippen molar-refractivity contribution in [2.75, 3.05) is 25.9 Å². The normalized spacial score (nSPS) is 17.9. The van der Waals surface area contributed by atoms with Crippen molar-refractivity contribution in [3.63, 3.8) is 0 Å². The molecule has 1 aromatic carbocycles. The van der Waals surface area contributed by atoms with Crippen LogP contribution in [0, 0.1) is 0 Å². The topological polar surface area (TPSA) is 84.7 Å². The maximum atomic E-state index is 12.4. The van der Waals surface area contributed by atoms with Gasteiger partial charge in [0.2, 0.25) is 0 Å². The van der Waals surface area contributed by atoms with Gasteiger partial charge in [-0.25, -0.2) is 4.79 Å². The number of nitrogens with one attached hydrogen (secondary N) is 1. The molecule has 1 aromatic rings. The lowest BCUT2D eigenvalue weighted by Gasteiger charge is -2.18. The monoisotopic (exact) mass is 341 g/mol. The minimum absolute atomic E-state index is 0.0776. The van der Waals surface area contributed by atoms with Crippen LogP contribution in [0.2, 0.25) is 0 Å². The largest absolute Gasteiger partial charge is 0.453 e. The molecule has 0 radical (unpaired) electrons. The van der Waals surface area contributed by atoms with E-state index in [0.717, 1.165) is 0 Å². The van der Waals surface area contributed by atoms with Crippen molar-refractivity contribution in [1.29, 1.82) is 0 Å². The molecule has 1 fully saturated rings. The van der Waals surface area contributed by atoms with Crippen molar-refractivity contribution in [2.24, 2.45) is 0 Å². The molecule has 1 aliphatic heterocycles. The molecule has 6 nitrogen and oxygen atoms in total. The van der Waals surface area contributed by atoms with E-state index in [1.807, 2.05) is 0 Å². The van der Waals surface area contributed by atoms with Crippen molar-refractivity contribution < 1.29 is 14.3 Å². The Bertz CT molecular complexity index is 536. The van der Waals surface area contributed by atoms with Crippen LogP contribution in [0.3, 0.4) is 0 Å². The molecule has 0 saturated carbocycles. The lowest BCUT2D eigenvalue weighted by atomic mass is 10.2. The second-order valence-electron chi connectivity index (χ2n) is 4.61. The summed E-state index contributed by atoms with van der Waals surface area (Å²) >= 11 is 3.35. The molecule has 3 N–H and O–H groups in total. The zero-order valence-electron chi connectivity index (χ0n) is 11.1. The van der Waals surface area contributed by atoms with Gasteiger partial charge in [-0.15, -0.1) is 0 Å². The standard InChI is InChI=1S/C13H16BrN3O3/c1-20-13(19)16-9-4-5-17(7-9)12(18)10-6-8(15)2-3-11(10)14/h2-3,6,9H,4-5,7,15H2,1H3,(H,16,19). The van der Waals surface area contributed by atoms with Crippen LogP contribution < -0.4 is 11.1 Å². The third-order valence-corrected chi connectivity index (χ3v) is 3.90. The molecule has 1 atom stereocenters. The number of halogens is 1. The summed E-state index contributed by atoms with van der Waals surface area (Å²) in [5.74, 6) is -0.0988. The number of hydrogen-bond donors (Lipinski definition) is 2. The fourth-order valence-corrected chi connectivity index (χ4v) is 2.58. The van der Waals surface area contributed by atoms with Crippen molar-refractivity contribution in [3.05, 3.63) is 28.2 Å². The Balaban J connectivity index is 2.04. The van der Waals surface area contributed by atoms with E-state index in [1.54, 1.807) is 23.1 Å². The van der Waals surface area contributed by atoms with Crippen LogP contribution in [0.5, 0.6) is 0 Å². The molecule has 0 bridgehead atoms. The van der Waals surface area contributed by atoms with Gasteiger partial charge >= 0.3 is 6.09 Å². The number of nitrogen functional groups attached to an aromatic ring is 1. The van der Waals surface area contributed by atoms with Gasteiger partial charge in [0.1, 0.15) is 0 Å². The molecule has 2 amide bonds. The van der Waals surface area contributed by atoms with Crippen molar-refractivity contribution >= 4 is 33.6 Å². The molecular weight excluding hydrogens is 326 g/mol. The number of ether oxygens (including phenoxy) is 1. The Morgan fingerprint density at radius 1 is 1.50 bits per heavy atom. The summed E-state index contributed by atoms with van der Waals surface area (Å²) in [4.78, 5) is 25.3. The Hall–Kier alpha value is -1.76. The van der Waals surface area contributed by atoms with Gasteiger partial charge in [0.15, 0.2) is 0 Å². The number of alkyl carbamates (subject to hydrolysis) is 1. The number of carbonyl (C=O) groups is 2. The third-order valence-electron chi connectivity index (χ3n) is 3.20. The zero-order chi connectivity index (χ0) is 14.7. The van der Waals surface area contributed by atoms with Gasteiger partial charge in [-0.3, -0.25) is 4.79 Å². The summed E-state index contributed by atoms with van der Waals surface area (Å²) in [6.07, 6.45) is 0.232. The maximum absolute atomic E-state index is 12.4. The first-order valence-electron chi connectivity index (χ1n) is 6.20. The van der Waals surface area contributed by atoms with Gasteiger partial charge in [-0.1, -0.05) is 0 Å². The number of rotatable bonds is 2. The minimum Gasteiger partial charge on any atom is -0.453 e. The first kappa shape index (κ1) is 14.6. The highest BCUT2D eigenvalue weighted by atomic mass is 79.9. The highest BCUT2D eigenvalue weighted by molar-refractivity contribution is 9.10. The second kappa shape index (κ2) is 6.13. The molecule has 0 spiro atoms. The predicted octanol–water partition coefficient (Wildman–Crippen LogP) is 1.60. The number of amides is 2.